The Hall–Kier alpha value is -3.73. The van der Waals surface area contributed by atoms with E-state index in [0.717, 1.165) is 55.6 Å². The number of carbonyl (C=O) groups excluding carboxylic acids is 1. The number of carbonyl (C=O) groups is 1. The molecule has 0 saturated carbocycles. The van der Waals surface area contributed by atoms with E-state index >= 15 is 0 Å². The highest BCUT2D eigenvalue weighted by molar-refractivity contribution is 6.44. The molecule has 4 aromatic carbocycles. The van der Waals surface area contributed by atoms with E-state index in [4.69, 9.17) is 65.4 Å². The van der Waals surface area contributed by atoms with E-state index < -0.39 is 6.10 Å². The van der Waals surface area contributed by atoms with Gasteiger partial charge in [0.25, 0.3) is 5.91 Å². The normalized spacial score (nSPS) is 20.0. The lowest BCUT2D eigenvalue weighted by molar-refractivity contribution is -0.141. The molecule has 268 valence electrons. The van der Waals surface area contributed by atoms with Crippen LogP contribution in [0.5, 0.6) is 23.0 Å². The molecule has 0 N–H and O–H groups in total. The number of hydrogen-bond donors (Lipinski definition) is 0. The lowest BCUT2D eigenvalue weighted by Crippen LogP contribution is -2.54. The number of piperazine rings is 2. The number of para-hydroxylation sites is 4. The standard InChI is InChI=1S/C19H18Cl2N2O3.C19H20Cl2N2O2/c20-13-4-3-5-14(18(13)21)22-8-10-23(11-9-22)19(24)17-12-25-15-6-1-2-7-16(15)26-17;20-15-4-3-5-16(19(15)21)23-10-8-22(9-11-23)12-14-13-24-17-6-1-2-7-18(17)25-14/h1-7,17H,8-12H2;1-7,14H,8-13H2. The van der Waals surface area contributed by atoms with Crippen LogP contribution < -0.4 is 28.7 Å². The minimum atomic E-state index is -0.605. The van der Waals surface area contributed by atoms with Crippen molar-refractivity contribution in [3.63, 3.8) is 0 Å². The number of fused-ring (bicyclic) bond motifs is 2. The molecule has 4 aromatic rings. The van der Waals surface area contributed by atoms with Crippen LogP contribution in [0.3, 0.4) is 0 Å². The van der Waals surface area contributed by atoms with Gasteiger partial charge < -0.3 is 33.6 Å². The lowest BCUT2D eigenvalue weighted by atomic mass is 10.2. The average molecular weight is 773 g/mol. The van der Waals surface area contributed by atoms with Gasteiger partial charge in [-0.3, -0.25) is 9.69 Å². The van der Waals surface area contributed by atoms with Crippen LogP contribution in [-0.2, 0) is 4.79 Å². The predicted octanol–water partition coefficient (Wildman–Crippen LogP) is 7.44. The Labute approximate surface area is 318 Å². The molecule has 1 amide bonds. The average Bonchev–Trinajstić information content (AvgIpc) is 3.17. The van der Waals surface area contributed by atoms with Crippen molar-refractivity contribution in [2.45, 2.75) is 12.2 Å². The molecule has 0 bridgehead atoms. The molecule has 0 radical (unpaired) electrons. The summed E-state index contributed by atoms with van der Waals surface area (Å²) in [6.45, 7) is 8.04. The van der Waals surface area contributed by atoms with E-state index in [1.807, 2.05) is 83.8 Å². The first kappa shape index (κ1) is 35.7. The largest absolute Gasteiger partial charge is 0.486 e. The summed E-state index contributed by atoms with van der Waals surface area (Å²) in [4.78, 5) is 21.4. The fraction of sp³-hybridized carbons (Fsp3) is 0.342. The molecule has 9 nitrogen and oxygen atoms in total. The maximum Gasteiger partial charge on any atom is 0.267 e. The summed E-state index contributed by atoms with van der Waals surface area (Å²) in [6.07, 6.45) is -0.539. The van der Waals surface area contributed by atoms with Gasteiger partial charge in [-0.1, -0.05) is 82.8 Å². The van der Waals surface area contributed by atoms with Crippen molar-refractivity contribution in [2.24, 2.45) is 0 Å². The van der Waals surface area contributed by atoms with Gasteiger partial charge in [0.2, 0.25) is 6.10 Å². The van der Waals surface area contributed by atoms with E-state index in [9.17, 15) is 4.79 Å². The Kier molecular flexibility index (Phi) is 11.4. The van der Waals surface area contributed by atoms with Crippen LogP contribution in [0.25, 0.3) is 0 Å². The molecule has 2 saturated heterocycles. The highest BCUT2D eigenvalue weighted by Gasteiger charge is 2.33. The third kappa shape index (κ3) is 8.34. The Balaban J connectivity index is 0.000000159. The first-order chi connectivity index (χ1) is 24.8. The third-order valence-electron chi connectivity index (χ3n) is 9.32. The molecule has 4 aliphatic rings. The van der Waals surface area contributed by atoms with Crippen LogP contribution in [0.4, 0.5) is 11.4 Å². The van der Waals surface area contributed by atoms with Gasteiger partial charge in [-0.2, -0.15) is 0 Å². The molecule has 0 aliphatic carbocycles. The topological polar surface area (TPSA) is 67.0 Å². The molecule has 51 heavy (non-hydrogen) atoms. The van der Waals surface area contributed by atoms with E-state index in [1.165, 1.54) is 0 Å². The Bertz CT molecular complexity index is 1830. The zero-order chi connectivity index (χ0) is 35.3. The van der Waals surface area contributed by atoms with Crippen molar-refractivity contribution < 1.29 is 23.7 Å². The summed E-state index contributed by atoms with van der Waals surface area (Å²) < 4.78 is 23.3. The minimum absolute atomic E-state index is 0.0451. The molecular formula is C38H38Cl4N4O5. The first-order valence-corrected chi connectivity index (χ1v) is 18.5. The fourth-order valence-corrected chi connectivity index (χ4v) is 7.43. The van der Waals surface area contributed by atoms with E-state index in [2.05, 4.69) is 14.7 Å². The number of ether oxygens (including phenoxy) is 4. The van der Waals surface area contributed by atoms with E-state index in [0.29, 0.717) is 64.4 Å². The molecule has 13 heteroatoms. The summed E-state index contributed by atoms with van der Waals surface area (Å²) in [5.74, 6) is 2.91. The van der Waals surface area contributed by atoms with Gasteiger partial charge in [-0.15, -0.1) is 0 Å². The van der Waals surface area contributed by atoms with Crippen molar-refractivity contribution in [3.8, 4) is 23.0 Å². The summed E-state index contributed by atoms with van der Waals surface area (Å²) in [5.41, 5.74) is 1.91. The van der Waals surface area contributed by atoms with Gasteiger partial charge in [0.15, 0.2) is 23.0 Å². The van der Waals surface area contributed by atoms with Crippen LogP contribution >= 0.6 is 46.4 Å². The number of halogens is 4. The molecule has 8 rings (SSSR count). The number of nitrogens with zero attached hydrogens (tertiary/aromatic N) is 4. The molecule has 2 atom stereocenters. The van der Waals surface area contributed by atoms with Gasteiger partial charge >= 0.3 is 0 Å². The Morgan fingerprint density at radius 3 is 1.63 bits per heavy atom. The van der Waals surface area contributed by atoms with Crippen LogP contribution in [0, 0.1) is 0 Å². The second kappa shape index (κ2) is 16.3. The van der Waals surface area contributed by atoms with Crippen molar-refractivity contribution in [1.29, 1.82) is 0 Å². The van der Waals surface area contributed by atoms with Crippen LogP contribution in [0.1, 0.15) is 0 Å². The molecule has 4 heterocycles. The zero-order valence-corrected chi connectivity index (χ0v) is 30.9. The summed E-state index contributed by atoms with van der Waals surface area (Å²) >= 11 is 24.9. The third-order valence-corrected chi connectivity index (χ3v) is 10.9. The smallest absolute Gasteiger partial charge is 0.267 e. The molecule has 0 spiro atoms. The molecular weight excluding hydrogens is 734 g/mol. The summed E-state index contributed by atoms with van der Waals surface area (Å²) in [5, 5.41) is 2.33. The minimum Gasteiger partial charge on any atom is -0.486 e. The summed E-state index contributed by atoms with van der Waals surface area (Å²) in [7, 11) is 0. The summed E-state index contributed by atoms with van der Waals surface area (Å²) in [6, 6.07) is 26.6. The number of rotatable bonds is 5. The van der Waals surface area contributed by atoms with Gasteiger partial charge in [-0.05, 0) is 48.5 Å². The van der Waals surface area contributed by atoms with Gasteiger partial charge in [-0.25, -0.2) is 0 Å². The second-order valence-electron chi connectivity index (χ2n) is 12.6. The molecule has 0 aromatic heterocycles. The first-order valence-electron chi connectivity index (χ1n) is 17.0. The van der Waals surface area contributed by atoms with E-state index in [1.54, 1.807) is 6.07 Å². The van der Waals surface area contributed by atoms with Gasteiger partial charge in [0.05, 0.1) is 31.5 Å². The molecule has 2 fully saturated rings. The van der Waals surface area contributed by atoms with Crippen LogP contribution in [-0.4, -0.2) is 100 Å². The fourth-order valence-electron chi connectivity index (χ4n) is 6.60. The maximum absolute atomic E-state index is 12.8. The number of anilines is 2. The quantitative estimate of drug-likeness (QED) is 0.208. The monoisotopic (exact) mass is 770 g/mol. The highest BCUT2D eigenvalue weighted by Crippen LogP contribution is 2.36. The Morgan fingerprint density at radius 2 is 1.06 bits per heavy atom. The van der Waals surface area contributed by atoms with E-state index in [-0.39, 0.29) is 18.6 Å². The maximum atomic E-state index is 12.8. The SMILES string of the molecule is Clc1cccc(N2CCN(CC3COc4ccccc4O3)CC2)c1Cl.O=C(C1COc2ccccc2O1)N1CCN(c2cccc(Cl)c2Cl)CC1. The Morgan fingerprint density at radius 1 is 0.569 bits per heavy atom. The lowest BCUT2D eigenvalue weighted by Gasteiger charge is -2.38. The van der Waals surface area contributed by atoms with Crippen molar-refractivity contribution in [1.82, 2.24) is 9.80 Å². The van der Waals surface area contributed by atoms with Crippen molar-refractivity contribution in [2.75, 3.05) is 81.9 Å². The van der Waals surface area contributed by atoms with Gasteiger partial charge in [0.1, 0.15) is 19.3 Å². The molecule has 2 unspecified atom stereocenters. The van der Waals surface area contributed by atoms with Gasteiger partial charge in [0, 0.05) is 58.9 Å². The second-order valence-corrected chi connectivity index (χ2v) is 14.2. The zero-order valence-electron chi connectivity index (χ0n) is 27.9. The number of amides is 1. The van der Waals surface area contributed by atoms with Crippen molar-refractivity contribution in [3.05, 3.63) is 105 Å². The van der Waals surface area contributed by atoms with Crippen LogP contribution in [0.2, 0.25) is 20.1 Å². The number of benzene rings is 4. The predicted molar refractivity (Wildman–Crippen MR) is 203 cm³/mol. The highest BCUT2D eigenvalue weighted by atomic mass is 35.5. The number of hydrogen-bond acceptors (Lipinski definition) is 8. The van der Waals surface area contributed by atoms with Crippen molar-refractivity contribution >= 4 is 63.7 Å². The van der Waals surface area contributed by atoms with Crippen LogP contribution in [0.15, 0.2) is 84.9 Å². The molecule has 4 aliphatic heterocycles.